The Bertz CT molecular complexity index is 549. The van der Waals surface area contributed by atoms with Crippen molar-refractivity contribution in [3.63, 3.8) is 0 Å². The molecule has 4 N–H and O–H groups in total. The average Bonchev–Trinajstić information content (AvgIpc) is 2.42. The molecule has 1 amide bonds. The van der Waals surface area contributed by atoms with Gasteiger partial charge in [0.15, 0.2) is 5.84 Å². The van der Waals surface area contributed by atoms with Crippen LogP contribution in [0.4, 0.5) is 13.2 Å². The maximum Gasteiger partial charge on any atom is 0.258 e. The van der Waals surface area contributed by atoms with Crippen molar-refractivity contribution in [2.24, 2.45) is 10.9 Å². The van der Waals surface area contributed by atoms with Crippen LogP contribution in [0.15, 0.2) is 17.3 Å². The van der Waals surface area contributed by atoms with Crippen molar-refractivity contribution >= 4 is 11.7 Å². The Morgan fingerprint density at radius 2 is 1.76 bits per heavy atom. The van der Waals surface area contributed by atoms with E-state index < -0.39 is 34.5 Å². The minimum atomic E-state index is -1.33. The van der Waals surface area contributed by atoms with Crippen molar-refractivity contribution in [2.45, 2.75) is 32.2 Å². The molecule has 0 saturated carbocycles. The van der Waals surface area contributed by atoms with Crippen LogP contribution in [0.1, 0.15) is 37.0 Å². The molecule has 0 spiro atoms. The second-order valence-corrected chi connectivity index (χ2v) is 4.47. The van der Waals surface area contributed by atoms with Crippen molar-refractivity contribution in [1.29, 1.82) is 0 Å². The summed E-state index contributed by atoms with van der Waals surface area (Å²) >= 11 is 0. The number of amides is 1. The number of nitrogens with zero attached hydrogens (tertiary/aromatic N) is 1. The molecule has 1 aromatic rings. The molecule has 8 heteroatoms. The van der Waals surface area contributed by atoms with Gasteiger partial charge in [-0.2, -0.15) is 0 Å². The molecule has 0 unspecified atom stereocenters. The van der Waals surface area contributed by atoms with E-state index in [2.05, 4.69) is 10.5 Å². The summed E-state index contributed by atoms with van der Waals surface area (Å²) in [5, 5.41) is 14.0. The third-order valence-corrected chi connectivity index (χ3v) is 3.39. The monoisotopic (exact) mass is 303 g/mol. The molecule has 21 heavy (non-hydrogen) atoms. The highest BCUT2D eigenvalue weighted by Crippen LogP contribution is 2.19. The van der Waals surface area contributed by atoms with Gasteiger partial charge in [-0.15, -0.1) is 0 Å². The maximum absolute atomic E-state index is 13.6. The molecule has 0 fully saturated rings. The number of nitrogens with two attached hydrogens (primary N) is 1. The highest BCUT2D eigenvalue weighted by Gasteiger charge is 2.35. The average molecular weight is 303 g/mol. The van der Waals surface area contributed by atoms with Gasteiger partial charge in [-0.3, -0.25) is 4.79 Å². The first-order valence-electron chi connectivity index (χ1n) is 6.26. The van der Waals surface area contributed by atoms with Gasteiger partial charge < -0.3 is 16.3 Å². The van der Waals surface area contributed by atoms with Crippen LogP contribution < -0.4 is 11.1 Å². The van der Waals surface area contributed by atoms with Crippen LogP contribution in [-0.4, -0.2) is 22.5 Å². The molecule has 0 aliphatic carbocycles. The number of hydrogen-bond acceptors (Lipinski definition) is 3. The van der Waals surface area contributed by atoms with E-state index in [0.29, 0.717) is 12.1 Å². The molecule has 0 heterocycles. The maximum atomic E-state index is 13.6. The van der Waals surface area contributed by atoms with Crippen molar-refractivity contribution in [1.82, 2.24) is 5.32 Å². The number of carbonyl (C=O) groups excluding carboxylic acids is 1. The van der Waals surface area contributed by atoms with E-state index in [4.69, 9.17) is 10.9 Å². The second-order valence-electron chi connectivity index (χ2n) is 4.47. The molecular weight excluding hydrogens is 287 g/mol. The van der Waals surface area contributed by atoms with Crippen LogP contribution in [0, 0.1) is 17.5 Å². The fourth-order valence-electron chi connectivity index (χ4n) is 1.99. The summed E-state index contributed by atoms with van der Waals surface area (Å²) in [6, 6.07) is 0.808. The highest BCUT2D eigenvalue weighted by molar-refractivity contribution is 6.00. The molecule has 0 aliphatic rings. The summed E-state index contributed by atoms with van der Waals surface area (Å²) in [5.74, 6) is -5.18. The van der Waals surface area contributed by atoms with Gasteiger partial charge >= 0.3 is 0 Å². The van der Waals surface area contributed by atoms with Crippen molar-refractivity contribution in [2.75, 3.05) is 0 Å². The third-order valence-electron chi connectivity index (χ3n) is 3.39. The van der Waals surface area contributed by atoms with E-state index in [1.54, 1.807) is 13.8 Å². The normalized spacial score (nSPS) is 12.3. The summed E-state index contributed by atoms with van der Waals surface area (Å²) in [6.07, 6.45) is 0.463. The molecule has 1 aromatic carbocycles. The Hall–Kier alpha value is -2.25. The first-order valence-corrected chi connectivity index (χ1v) is 6.26. The highest BCUT2D eigenvalue weighted by atomic mass is 19.1. The van der Waals surface area contributed by atoms with Gasteiger partial charge in [0.1, 0.15) is 28.6 Å². The lowest BCUT2D eigenvalue weighted by molar-refractivity contribution is 0.0909. The summed E-state index contributed by atoms with van der Waals surface area (Å²) in [4.78, 5) is 12.0. The van der Waals surface area contributed by atoms with Gasteiger partial charge in [0.25, 0.3) is 5.91 Å². The topological polar surface area (TPSA) is 87.7 Å². The van der Waals surface area contributed by atoms with Gasteiger partial charge in [-0.1, -0.05) is 19.0 Å². The van der Waals surface area contributed by atoms with Gasteiger partial charge in [-0.25, -0.2) is 13.2 Å². The van der Waals surface area contributed by atoms with E-state index in [1.165, 1.54) is 0 Å². The summed E-state index contributed by atoms with van der Waals surface area (Å²) in [6.45, 7) is 3.30. The van der Waals surface area contributed by atoms with Crippen molar-refractivity contribution in [3.05, 3.63) is 35.1 Å². The van der Waals surface area contributed by atoms with E-state index in [9.17, 15) is 18.0 Å². The third kappa shape index (κ3) is 3.26. The van der Waals surface area contributed by atoms with Gasteiger partial charge in [0.2, 0.25) is 0 Å². The predicted octanol–water partition coefficient (Wildman–Crippen LogP) is 2.14. The molecule has 0 saturated heterocycles. The molecule has 0 aromatic heterocycles. The first-order chi connectivity index (χ1) is 9.81. The van der Waals surface area contributed by atoms with Crippen LogP contribution in [-0.2, 0) is 0 Å². The van der Waals surface area contributed by atoms with Crippen LogP contribution in [0.2, 0.25) is 0 Å². The van der Waals surface area contributed by atoms with E-state index in [1.807, 2.05) is 0 Å². The Morgan fingerprint density at radius 1 is 1.29 bits per heavy atom. The summed E-state index contributed by atoms with van der Waals surface area (Å²) in [5.41, 5.74) is 3.36. The smallest absolute Gasteiger partial charge is 0.258 e. The standard InChI is InChI=1S/C13H16F3N3O2/c1-3-13(4-2,12(17)19-21)18-11(20)10-8(15)5-7(14)6-9(10)16/h5-6,21H,3-4H2,1-2H3,(H2,17,19)(H,18,20). The van der Waals surface area contributed by atoms with Gasteiger partial charge in [0.05, 0.1) is 0 Å². The number of rotatable bonds is 5. The van der Waals surface area contributed by atoms with Crippen molar-refractivity contribution < 1.29 is 23.2 Å². The van der Waals surface area contributed by atoms with Crippen molar-refractivity contribution in [3.8, 4) is 0 Å². The first kappa shape index (κ1) is 16.8. The molecule has 1 rings (SSSR count). The number of amidine groups is 1. The van der Waals surface area contributed by atoms with Gasteiger partial charge in [0, 0.05) is 12.1 Å². The quantitative estimate of drug-likeness (QED) is 0.337. The van der Waals surface area contributed by atoms with Crippen LogP contribution in [0.5, 0.6) is 0 Å². The predicted molar refractivity (Wildman–Crippen MR) is 70.5 cm³/mol. The molecule has 0 bridgehead atoms. The minimum absolute atomic E-state index is 0.232. The fourth-order valence-corrected chi connectivity index (χ4v) is 1.99. The molecular formula is C13H16F3N3O2. The summed E-state index contributed by atoms with van der Waals surface area (Å²) < 4.78 is 40.0. The fraction of sp³-hybridized carbons (Fsp3) is 0.385. The second kappa shape index (κ2) is 6.47. The number of nitrogens with one attached hydrogen (secondary N) is 1. The number of oxime groups is 1. The van der Waals surface area contributed by atoms with Crippen LogP contribution >= 0.6 is 0 Å². The molecule has 0 radical (unpaired) electrons. The van der Waals surface area contributed by atoms with E-state index >= 15 is 0 Å². The zero-order chi connectivity index (χ0) is 16.2. The van der Waals surface area contributed by atoms with Crippen LogP contribution in [0.3, 0.4) is 0 Å². The lowest BCUT2D eigenvalue weighted by Crippen LogP contribution is -2.57. The molecule has 0 atom stereocenters. The molecule has 116 valence electrons. The van der Waals surface area contributed by atoms with Gasteiger partial charge in [-0.05, 0) is 12.8 Å². The Morgan fingerprint density at radius 3 is 2.14 bits per heavy atom. The van der Waals surface area contributed by atoms with E-state index in [0.717, 1.165) is 0 Å². The number of carbonyl (C=O) groups is 1. The lowest BCUT2D eigenvalue weighted by Gasteiger charge is -2.31. The van der Waals surface area contributed by atoms with E-state index in [-0.39, 0.29) is 18.7 Å². The zero-order valence-electron chi connectivity index (χ0n) is 11.6. The SMILES string of the molecule is CCC(CC)(NC(=O)c1c(F)cc(F)cc1F)C(N)=NO. The molecule has 5 nitrogen and oxygen atoms in total. The largest absolute Gasteiger partial charge is 0.409 e. The summed E-state index contributed by atoms with van der Waals surface area (Å²) in [7, 11) is 0. The Kier molecular flexibility index (Phi) is 5.17. The number of halogens is 3. The zero-order valence-corrected chi connectivity index (χ0v) is 11.6. The minimum Gasteiger partial charge on any atom is -0.409 e. The number of hydrogen-bond donors (Lipinski definition) is 3. The Labute approximate surface area is 119 Å². The molecule has 0 aliphatic heterocycles. The number of benzene rings is 1. The Balaban J connectivity index is 3.21. The lowest BCUT2D eigenvalue weighted by atomic mass is 9.91. The van der Waals surface area contributed by atoms with Crippen LogP contribution in [0.25, 0.3) is 0 Å².